The quantitative estimate of drug-likeness (QED) is 0.713. The third-order valence-corrected chi connectivity index (χ3v) is 5.52. The summed E-state index contributed by atoms with van der Waals surface area (Å²) in [5.74, 6) is 0.170. The highest BCUT2D eigenvalue weighted by atomic mass is 32.2. The van der Waals surface area contributed by atoms with Crippen LogP contribution >= 0.6 is 0 Å². The molecule has 0 amide bonds. The highest BCUT2D eigenvalue weighted by Crippen LogP contribution is 2.38. The van der Waals surface area contributed by atoms with Crippen LogP contribution in [0.5, 0.6) is 5.88 Å². The molecule has 0 aromatic carbocycles. The third kappa shape index (κ3) is 4.78. The number of ether oxygens (including phenoxy) is 1. The van der Waals surface area contributed by atoms with Gasteiger partial charge in [-0.15, -0.1) is 0 Å². The molecule has 2 rings (SSSR count). The number of nitrogens with zero attached hydrogens (tertiary/aromatic N) is 2. The first-order valence-electron chi connectivity index (χ1n) is 7.73. The lowest BCUT2D eigenvalue weighted by molar-refractivity contribution is -0.270. The summed E-state index contributed by atoms with van der Waals surface area (Å²) in [7, 11) is -1.71. The fourth-order valence-corrected chi connectivity index (χ4v) is 3.45. The van der Waals surface area contributed by atoms with Crippen molar-refractivity contribution in [2.75, 3.05) is 26.2 Å². The normalized spacial score (nSPS) is 20.0. The average molecular weight is 397 g/mol. The molecular weight excluding hydrogens is 378 g/mol. The Hall–Kier alpha value is -1.56. The zero-order valence-corrected chi connectivity index (χ0v) is 14.5. The van der Waals surface area contributed by atoms with E-state index in [-0.39, 0.29) is 42.6 Å². The van der Waals surface area contributed by atoms with Crippen LogP contribution in [0.1, 0.15) is 12.8 Å². The smallest absolute Gasteiger partial charge is 0.417 e. The summed E-state index contributed by atoms with van der Waals surface area (Å²) in [4.78, 5) is 4.23. The molecule has 1 aromatic heterocycles. The third-order valence-electron chi connectivity index (χ3n) is 4.04. The predicted octanol–water partition coefficient (Wildman–Crippen LogP) is 1.68. The van der Waals surface area contributed by atoms with Crippen molar-refractivity contribution in [3.63, 3.8) is 0 Å². The molecule has 6 nitrogen and oxygen atoms in total. The Balaban J connectivity index is 1.94. The van der Waals surface area contributed by atoms with Crippen LogP contribution < -0.4 is 10.5 Å². The van der Waals surface area contributed by atoms with Gasteiger partial charge in [0, 0.05) is 37.5 Å². The van der Waals surface area contributed by atoms with Gasteiger partial charge in [-0.2, -0.15) is 13.2 Å². The highest BCUT2D eigenvalue weighted by molar-refractivity contribution is 7.82. The zero-order valence-electron chi connectivity index (χ0n) is 13.7. The van der Waals surface area contributed by atoms with Crippen molar-refractivity contribution >= 4 is 11.0 Å². The average Bonchev–Trinajstić information content (AvgIpc) is 2.62. The first kappa shape index (κ1) is 20.7. The van der Waals surface area contributed by atoms with Gasteiger partial charge in [0.25, 0.3) is 0 Å². The molecule has 1 saturated heterocycles. The van der Waals surface area contributed by atoms with Gasteiger partial charge in [0.2, 0.25) is 5.88 Å². The molecule has 1 aliphatic heterocycles. The van der Waals surface area contributed by atoms with Crippen LogP contribution in [0, 0.1) is 0 Å². The maximum Gasteiger partial charge on any atom is 0.417 e. The van der Waals surface area contributed by atoms with E-state index in [0.29, 0.717) is 6.33 Å². The minimum absolute atomic E-state index is 0.00215. The molecule has 0 spiro atoms. The van der Waals surface area contributed by atoms with Crippen molar-refractivity contribution in [2.45, 2.75) is 29.5 Å². The van der Waals surface area contributed by atoms with E-state index >= 15 is 0 Å². The number of alkyl halides is 3. The van der Waals surface area contributed by atoms with Crippen LogP contribution in [-0.4, -0.2) is 56.6 Å². The summed E-state index contributed by atoms with van der Waals surface area (Å²) in [5, 5.41) is 9.64. The standard InChI is InChI=1S/C15H19F4N3O3S/c16-7-11(8-20)10-25-13-2-1-12(9-21-13)26(24)22-5-3-14(23,4-6-22)15(17,18)19/h1-2,7,9,23H,3-6,8,10,20H2/b11-7-. The summed E-state index contributed by atoms with van der Waals surface area (Å²) < 4.78 is 69.8. The summed E-state index contributed by atoms with van der Waals surface area (Å²) in [6.07, 6.45) is -4.18. The largest absolute Gasteiger partial charge is 0.473 e. The molecule has 1 atom stereocenters. The van der Waals surface area contributed by atoms with Gasteiger partial charge in [-0.1, -0.05) is 0 Å². The first-order chi connectivity index (χ1) is 12.2. The topological polar surface area (TPSA) is 88.7 Å². The Morgan fingerprint density at radius 2 is 2.08 bits per heavy atom. The second kappa shape index (κ2) is 8.42. The fourth-order valence-electron chi connectivity index (χ4n) is 2.31. The van der Waals surface area contributed by atoms with Crippen molar-refractivity contribution < 1.29 is 31.6 Å². The molecule has 26 heavy (non-hydrogen) atoms. The molecule has 11 heteroatoms. The number of aliphatic hydroxyl groups is 1. The molecule has 0 bridgehead atoms. The van der Waals surface area contributed by atoms with Gasteiger partial charge in [0.05, 0.1) is 11.2 Å². The number of hydrogen-bond donors (Lipinski definition) is 2. The lowest BCUT2D eigenvalue weighted by Crippen LogP contribution is -2.53. The zero-order chi connectivity index (χ0) is 19.4. The first-order valence-corrected chi connectivity index (χ1v) is 8.84. The van der Waals surface area contributed by atoms with Gasteiger partial charge in [-0.3, -0.25) is 0 Å². The van der Waals surface area contributed by atoms with Crippen LogP contribution in [0.25, 0.3) is 0 Å². The summed E-state index contributed by atoms with van der Waals surface area (Å²) in [6.45, 7) is -0.410. The molecule has 2 heterocycles. The molecule has 146 valence electrons. The number of nitrogens with two attached hydrogens (primary N) is 1. The maximum absolute atomic E-state index is 12.8. The second-order valence-electron chi connectivity index (χ2n) is 5.80. The minimum atomic E-state index is -4.71. The number of piperidine rings is 1. The van der Waals surface area contributed by atoms with E-state index in [2.05, 4.69) is 4.98 Å². The number of rotatable bonds is 6. The van der Waals surface area contributed by atoms with E-state index in [1.807, 2.05) is 0 Å². The fraction of sp³-hybridized carbons (Fsp3) is 0.533. The molecule has 0 aliphatic carbocycles. The van der Waals surface area contributed by atoms with Gasteiger partial charge >= 0.3 is 6.18 Å². The van der Waals surface area contributed by atoms with Gasteiger partial charge in [0.1, 0.15) is 17.6 Å². The molecule has 3 N–H and O–H groups in total. The van der Waals surface area contributed by atoms with Gasteiger partial charge in [-0.05, 0) is 18.9 Å². The molecule has 1 aliphatic rings. The molecule has 0 saturated carbocycles. The monoisotopic (exact) mass is 397 g/mol. The number of hydrogen-bond acceptors (Lipinski definition) is 5. The van der Waals surface area contributed by atoms with Crippen molar-refractivity contribution in [1.82, 2.24) is 9.29 Å². The van der Waals surface area contributed by atoms with Gasteiger partial charge < -0.3 is 15.6 Å². The Morgan fingerprint density at radius 1 is 1.42 bits per heavy atom. The number of aromatic nitrogens is 1. The van der Waals surface area contributed by atoms with Crippen LogP contribution in [0.2, 0.25) is 0 Å². The number of pyridine rings is 1. The van der Waals surface area contributed by atoms with E-state index in [4.69, 9.17) is 10.5 Å². The minimum Gasteiger partial charge on any atom is -0.473 e. The summed E-state index contributed by atoms with van der Waals surface area (Å²) in [5.41, 5.74) is 2.80. The van der Waals surface area contributed by atoms with E-state index in [1.54, 1.807) is 0 Å². The number of halogens is 4. The maximum atomic E-state index is 12.8. The van der Waals surface area contributed by atoms with Crippen LogP contribution in [-0.2, 0) is 11.0 Å². The van der Waals surface area contributed by atoms with E-state index < -0.39 is 35.6 Å². The van der Waals surface area contributed by atoms with Crippen molar-refractivity contribution in [1.29, 1.82) is 0 Å². The van der Waals surface area contributed by atoms with Crippen LogP contribution in [0.4, 0.5) is 17.6 Å². The highest BCUT2D eigenvalue weighted by Gasteiger charge is 2.54. The molecule has 0 radical (unpaired) electrons. The van der Waals surface area contributed by atoms with Crippen LogP contribution in [0.15, 0.2) is 35.1 Å². The molecule has 1 fully saturated rings. The van der Waals surface area contributed by atoms with E-state index in [9.17, 15) is 26.9 Å². The molecule has 1 unspecified atom stereocenters. The lowest BCUT2D eigenvalue weighted by atomic mass is 9.92. The predicted molar refractivity (Wildman–Crippen MR) is 86.2 cm³/mol. The van der Waals surface area contributed by atoms with Gasteiger partial charge in [-0.25, -0.2) is 17.9 Å². The summed E-state index contributed by atoms with van der Waals surface area (Å²) >= 11 is 0. The second-order valence-corrected chi connectivity index (χ2v) is 7.29. The Kier molecular flexibility index (Phi) is 6.72. The van der Waals surface area contributed by atoms with Crippen LogP contribution in [0.3, 0.4) is 0 Å². The Bertz CT molecular complexity index is 659. The SMILES string of the molecule is NC/C(=C/F)COc1ccc(S(=O)N2CCC(O)(C(F)(F)F)CC2)cn1. The van der Waals surface area contributed by atoms with E-state index in [0.717, 1.165) is 0 Å². The van der Waals surface area contributed by atoms with Crippen molar-refractivity contribution in [2.24, 2.45) is 5.73 Å². The Labute approximate surface area is 150 Å². The molecule has 1 aromatic rings. The van der Waals surface area contributed by atoms with Crippen molar-refractivity contribution in [3.8, 4) is 5.88 Å². The summed E-state index contributed by atoms with van der Waals surface area (Å²) in [6, 6.07) is 2.89. The van der Waals surface area contributed by atoms with Gasteiger partial charge in [0.15, 0.2) is 5.60 Å². The lowest BCUT2D eigenvalue weighted by Gasteiger charge is -2.38. The van der Waals surface area contributed by atoms with E-state index in [1.165, 1.54) is 22.6 Å². The van der Waals surface area contributed by atoms with Crippen molar-refractivity contribution in [3.05, 3.63) is 30.2 Å². The Morgan fingerprint density at radius 3 is 2.54 bits per heavy atom. The molecular formula is C15H19F4N3O3S.